The number of carbonyl (C=O) groups is 1. The summed E-state index contributed by atoms with van der Waals surface area (Å²) in [6.07, 6.45) is 15.4. The third-order valence-corrected chi connectivity index (χ3v) is 13.9. The minimum atomic E-state index is -4.37. The molecule has 0 fully saturated rings. The summed E-state index contributed by atoms with van der Waals surface area (Å²) in [6, 6.07) is 20.4. The quantitative estimate of drug-likeness (QED) is 0.0798. The van der Waals surface area contributed by atoms with E-state index in [9.17, 15) is 17.8 Å². The van der Waals surface area contributed by atoms with Gasteiger partial charge in [0.25, 0.3) is 10.1 Å². The van der Waals surface area contributed by atoms with Crippen molar-refractivity contribution in [2.45, 2.75) is 102 Å². The largest absolute Gasteiger partial charge is 0.355 e. The second kappa shape index (κ2) is 18.5. The molecule has 3 aromatic rings. The van der Waals surface area contributed by atoms with Crippen molar-refractivity contribution < 1.29 is 31.3 Å². The van der Waals surface area contributed by atoms with Gasteiger partial charge in [-0.3, -0.25) is 4.55 Å². The third-order valence-electron chi connectivity index (χ3n) is 13.0. The number of Topliss-reactive ketones (excluding diaryl/α,β-unsaturated/α-hetero) is 1. The lowest BCUT2D eigenvalue weighted by atomic mass is 9.80. The standard InChI is InChI=1S/C53H72N5O4S/c1-38-18-28-47-45(36-38)52(3,4)49(55(47)32-14-34-57(7,8)9)30-23-41-16-13-17-42(51(41)54-43-25-21-40(22-26-43)20-19-39(2)59)24-31-50-53(5,6)46-37-44(63(60,61)62)27-29-48(46)56(50)33-15-35-58(10,11)12/h18,21-31,36-37H,13-17,19-20,32-35H2,1-12H3/q+1/p+2/b42-24+,50-31+. The number of allylic oxidation sites excluding steroid dienone is 7. The van der Waals surface area contributed by atoms with Crippen LogP contribution in [-0.2, 0) is 32.2 Å². The van der Waals surface area contributed by atoms with Crippen LogP contribution < -0.4 is 10.2 Å². The maximum Gasteiger partial charge on any atom is 0.294 e. The number of aryl methyl sites for hydroxylation is 2. The first kappa shape index (κ1) is 47.9. The van der Waals surface area contributed by atoms with Crippen molar-refractivity contribution in [3.05, 3.63) is 130 Å². The van der Waals surface area contributed by atoms with Crippen LogP contribution in [0.4, 0.5) is 17.1 Å². The number of rotatable bonds is 17. The maximum absolute atomic E-state index is 12.3. The zero-order chi connectivity index (χ0) is 46.1. The lowest BCUT2D eigenvalue weighted by molar-refractivity contribution is -0.871. The van der Waals surface area contributed by atoms with Crippen LogP contribution in [0.3, 0.4) is 0 Å². The van der Waals surface area contributed by atoms with E-state index < -0.39 is 15.5 Å². The van der Waals surface area contributed by atoms with Crippen molar-refractivity contribution in [3.63, 3.8) is 0 Å². The van der Waals surface area contributed by atoms with Crippen LogP contribution >= 0.6 is 0 Å². The Labute approximate surface area is 379 Å². The van der Waals surface area contributed by atoms with E-state index in [1.807, 2.05) is 6.07 Å². The molecule has 9 nitrogen and oxygen atoms in total. The van der Waals surface area contributed by atoms with Gasteiger partial charge in [-0.25, -0.2) is 0 Å². The number of nitrogens with zero attached hydrogens (tertiary/aromatic N) is 4. The van der Waals surface area contributed by atoms with Gasteiger partial charge < -0.3 is 24.0 Å². The zero-order valence-electron chi connectivity index (χ0n) is 40.2. The molecule has 0 spiro atoms. The summed E-state index contributed by atoms with van der Waals surface area (Å²) in [5.74, 6) is 0.192. The Morgan fingerprint density at radius 1 is 0.841 bits per heavy atom. The van der Waals surface area contributed by atoms with Crippen LogP contribution in [0.2, 0.25) is 0 Å². The van der Waals surface area contributed by atoms with Gasteiger partial charge in [-0.15, -0.1) is 0 Å². The average Bonchev–Trinajstić information content (AvgIpc) is 3.52. The van der Waals surface area contributed by atoms with Crippen molar-refractivity contribution >= 4 is 38.7 Å². The molecule has 1 aliphatic carbocycles. The number of nitrogens with one attached hydrogen (secondary N) is 1. The summed E-state index contributed by atoms with van der Waals surface area (Å²) in [7, 11) is 9.01. The molecule has 2 N–H and O–H groups in total. The summed E-state index contributed by atoms with van der Waals surface area (Å²) in [6.45, 7) is 16.6. The second-order valence-electron chi connectivity index (χ2n) is 21.2. The zero-order valence-corrected chi connectivity index (χ0v) is 41.0. The van der Waals surface area contributed by atoms with E-state index in [2.05, 4.69) is 158 Å². The van der Waals surface area contributed by atoms with Crippen molar-refractivity contribution in [1.29, 1.82) is 0 Å². The second-order valence-corrected chi connectivity index (χ2v) is 22.6. The molecule has 0 saturated heterocycles. The summed E-state index contributed by atoms with van der Waals surface area (Å²) in [5.41, 5.74) is 13.2. The first-order chi connectivity index (χ1) is 29.3. The highest BCUT2D eigenvalue weighted by Gasteiger charge is 2.45. The van der Waals surface area contributed by atoms with Crippen LogP contribution in [0.25, 0.3) is 0 Å². The lowest BCUT2D eigenvalue weighted by Gasteiger charge is -2.29. The Morgan fingerprint density at radius 3 is 2.17 bits per heavy atom. The van der Waals surface area contributed by atoms with Crippen molar-refractivity contribution in [2.24, 2.45) is 0 Å². The molecule has 0 amide bonds. The fourth-order valence-corrected chi connectivity index (χ4v) is 10.00. The highest BCUT2D eigenvalue weighted by Crippen LogP contribution is 2.49. The Hall–Kier alpha value is -4.61. The molecule has 63 heavy (non-hydrogen) atoms. The van der Waals surface area contributed by atoms with Gasteiger partial charge in [-0.1, -0.05) is 49.8 Å². The van der Waals surface area contributed by atoms with E-state index in [0.717, 1.165) is 108 Å². The predicted molar refractivity (Wildman–Crippen MR) is 261 cm³/mol. The highest BCUT2D eigenvalue weighted by molar-refractivity contribution is 7.85. The van der Waals surface area contributed by atoms with Crippen molar-refractivity contribution in [3.8, 4) is 0 Å². The molecule has 0 atom stereocenters. The molecule has 0 unspecified atom stereocenters. The van der Waals surface area contributed by atoms with Crippen LogP contribution in [0.5, 0.6) is 0 Å². The van der Waals surface area contributed by atoms with Crippen LogP contribution in [0.15, 0.2) is 112 Å². The number of benzene rings is 3. The van der Waals surface area contributed by atoms with E-state index in [1.54, 1.807) is 13.0 Å². The summed E-state index contributed by atoms with van der Waals surface area (Å²) in [5, 5.41) is 3.88. The van der Waals surface area contributed by atoms with Gasteiger partial charge in [0, 0.05) is 65.3 Å². The first-order valence-electron chi connectivity index (χ1n) is 22.8. The lowest BCUT2D eigenvalue weighted by Crippen LogP contribution is -2.37. The van der Waals surface area contributed by atoms with E-state index in [1.165, 1.54) is 39.7 Å². The first-order valence-corrected chi connectivity index (χ1v) is 24.2. The Bertz CT molecular complexity index is 2490. The molecular formula is C53H74N5O4S+3. The molecule has 338 valence electrons. The minimum absolute atomic E-state index is 0.0841. The topological polar surface area (TPSA) is 89.7 Å². The average molecular weight is 877 g/mol. The van der Waals surface area contributed by atoms with Crippen LogP contribution in [0.1, 0.15) is 95.4 Å². The molecule has 2 heterocycles. The van der Waals surface area contributed by atoms with Gasteiger partial charge >= 0.3 is 0 Å². The smallest absolute Gasteiger partial charge is 0.294 e. The summed E-state index contributed by atoms with van der Waals surface area (Å²) < 4.78 is 39.1. The summed E-state index contributed by atoms with van der Waals surface area (Å²) >= 11 is 0. The molecule has 10 heteroatoms. The molecule has 0 radical (unpaired) electrons. The van der Waals surface area contributed by atoms with E-state index in [-0.39, 0.29) is 16.1 Å². The molecule has 3 aromatic carbocycles. The number of fused-ring (bicyclic) bond motifs is 2. The Balaban J connectivity index is 1.46. The maximum atomic E-state index is 12.3. The minimum Gasteiger partial charge on any atom is -0.355 e. The van der Waals surface area contributed by atoms with Crippen LogP contribution in [-0.4, -0.2) is 106 Å². The number of anilines is 2. The molecule has 0 bridgehead atoms. The van der Waals surface area contributed by atoms with Gasteiger partial charge in [0.15, 0.2) is 12.3 Å². The van der Waals surface area contributed by atoms with E-state index in [0.29, 0.717) is 6.42 Å². The van der Waals surface area contributed by atoms with Gasteiger partial charge in [0.1, 0.15) is 5.78 Å². The van der Waals surface area contributed by atoms with Crippen LogP contribution in [0, 0.1) is 6.92 Å². The van der Waals surface area contributed by atoms with Crippen molar-refractivity contribution in [1.82, 2.24) is 0 Å². The van der Waals surface area contributed by atoms with Gasteiger partial charge in [-0.2, -0.15) is 13.0 Å². The predicted octanol–water partition coefficient (Wildman–Crippen LogP) is 10.0. The monoisotopic (exact) mass is 877 g/mol. The van der Waals surface area contributed by atoms with E-state index in [4.69, 9.17) is 0 Å². The Morgan fingerprint density at radius 2 is 1.52 bits per heavy atom. The third kappa shape index (κ3) is 11.4. The number of ketones is 1. The number of carbonyl (C=O) groups excluding carboxylic acids is 1. The molecular weight excluding hydrogens is 803 g/mol. The molecule has 0 saturated carbocycles. The van der Waals surface area contributed by atoms with Gasteiger partial charge in [-0.05, 0) is 118 Å². The van der Waals surface area contributed by atoms with Gasteiger partial charge in [0.2, 0.25) is 5.69 Å². The number of hydrogen-bond acceptors (Lipinski definition) is 5. The number of quaternary nitrogens is 2. The SMILES string of the molecule is CC(=O)CCc1ccc(NC2=C(/C=C/C3=[N+](CCC[N+](C)(C)C)c4ccc(C)cc4C3(C)C)CCC/C2=C\C=C2\N(CCC[N+](C)(C)C)c3ccc(S(=O)(=O)O)cc3C2(C)C)cc1. The molecule has 0 aromatic heterocycles. The number of hydrogen-bond donors (Lipinski definition) is 2. The molecule has 3 aliphatic rings. The van der Waals surface area contributed by atoms with Gasteiger partial charge in [0.05, 0.1) is 72.1 Å². The fourth-order valence-electron chi connectivity index (χ4n) is 9.49. The van der Waals surface area contributed by atoms with Crippen molar-refractivity contribution in [2.75, 3.05) is 78.7 Å². The fraction of sp³-hybridized carbons (Fsp3) is 0.472. The molecule has 6 rings (SSSR count). The normalized spacial score (nSPS) is 18.8. The Kier molecular flexibility index (Phi) is 14.0. The molecule has 2 aliphatic heterocycles. The highest BCUT2D eigenvalue weighted by atomic mass is 32.2. The van der Waals surface area contributed by atoms with E-state index >= 15 is 0 Å². The summed E-state index contributed by atoms with van der Waals surface area (Å²) in [4.78, 5) is 14.0.